The molecule has 2 aromatic rings. The first-order valence-corrected chi connectivity index (χ1v) is 12.1. The zero-order valence-electron chi connectivity index (χ0n) is 19.9. The molecule has 1 aromatic carbocycles. The summed E-state index contributed by atoms with van der Waals surface area (Å²) in [5.41, 5.74) is 0.688. The van der Waals surface area contributed by atoms with Crippen molar-refractivity contribution in [3.63, 3.8) is 0 Å². The molecule has 1 aromatic heterocycles. The van der Waals surface area contributed by atoms with Crippen molar-refractivity contribution in [1.82, 2.24) is 19.0 Å². The van der Waals surface area contributed by atoms with Gasteiger partial charge in [0.25, 0.3) is 0 Å². The van der Waals surface area contributed by atoms with Gasteiger partial charge >= 0.3 is 12.1 Å². The van der Waals surface area contributed by atoms with E-state index in [-0.39, 0.29) is 17.9 Å². The predicted molar refractivity (Wildman–Crippen MR) is 122 cm³/mol. The highest BCUT2D eigenvalue weighted by Gasteiger charge is 2.37. The van der Waals surface area contributed by atoms with Crippen LogP contribution in [0.1, 0.15) is 32.8 Å². The number of aryl methyl sites for hydroxylation is 1. The summed E-state index contributed by atoms with van der Waals surface area (Å²) in [6.07, 6.45) is 2.33. The number of ether oxygens (including phenoxy) is 2. The van der Waals surface area contributed by atoms with E-state index in [0.717, 1.165) is 0 Å². The van der Waals surface area contributed by atoms with E-state index in [1.807, 2.05) is 6.92 Å². The molecule has 10 nitrogen and oxygen atoms in total. The van der Waals surface area contributed by atoms with Crippen LogP contribution < -0.4 is 4.74 Å². The lowest BCUT2D eigenvalue weighted by atomic mass is 10.1. The molecular formula is C22H32N4O6S. The number of hydrogen-bond donors (Lipinski definition) is 0. The zero-order chi connectivity index (χ0) is 24.8. The smallest absolute Gasteiger partial charge is 0.414 e. The van der Waals surface area contributed by atoms with Gasteiger partial charge in [-0.2, -0.15) is 9.40 Å². The van der Waals surface area contributed by atoms with Crippen LogP contribution in [0, 0.1) is 0 Å². The van der Waals surface area contributed by atoms with Crippen LogP contribution in [0.15, 0.2) is 41.6 Å². The molecular weight excluding hydrogens is 448 g/mol. The van der Waals surface area contributed by atoms with Crippen LogP contribution >= 0.6 is 0 Å². The van der Waals surface area contributed by atoms with Crippen LogP contribution in [0.5, 0.6) is 5.75 Å². The molecule has 0 unspecified atom stereocenters. The minimum absolute atomic E-state index is 0.00624. The summed E-state index contributed by atoms with van der Waals surface area (Å²) in [6, 6.07) is 5.50. The molecule has 33 heavy (non-hydrogen) atoms. The Morgan fingerprint density at radius 3 is 2.27 bits per heavy atom. The molecule has 0 aliphatic rings. The second kappa shape index (κ2) is 11.3. The minimum atomic E-state index is -4.00. The van der Waals surface area contributed by atoms with Crippen LogP contribution in [-0.2, 0) is 33.0 Å². The number of esters is 1. The number of hydrogen-bond acceptors (Lipinski definition) is 7. The molecule has 0 saturated heterocycles. The van der Waals surface area contributed by atoms with E-state index < -0.39 is 34.2 Å². The van der Waals surface area contributed by atoms with Crippen molar-refractivity contribution in [3.8, 4) is 5.75 Å². The van der Waals surface area contributed by atoms with Gasteiger partial charge in [-0.3, -0.25) is 9.48 Å². The van der Waals surface area contributed by atoms with Gasteiger partial charge in [0, 0.05) is 33.9 Å². The summed E-state index contributed by atoms with van der Waals surface area (Å²) in [4.78, 5) is 26.1. The molecule has 0 spiro atoms. The Kier molecular flexibility index (Phi) is 9.00. The number of rotatable bonds is 10. The van der Waals surface area contributed by atoms with E-state index in [9.17, 15) is 18.0 Å². The van der Waals surface area contributed by atoms with E-state index in [1.54, 1.807) is 59.3 Å². The van der Waals surface area contributed by atoms with Gasteiger partial charge in [-0.1, -0.05) is 19.1 Å². The van der Waals surface area contributed by atoms with E-state index in [1.165, 1.54) is 26.3 Å². The Balaban J connectivity index is 2.38. The Morgan fingerprint density at radius 2 is 1.79 bits per heavy atom. The van der Waals surface area contributed by atoms with Gasteiger partial charge in [-0.15, -0.1) is 0 Å². The Labute approximate surface area is 195 Å². The Morgan fingerprint density at radius 1 is 1.15 bits per heavy atom. The standard InChI is InChI=1S/C22H32N4O6S/c1-7-12-26(33(29,30)19-14-23-25(6)15-19)20(21(27)31-16(2)3)13-17-8-10-18(11-9-17)32-22(28)24(4)5/h8-11,14-16,20H,7,12-13H2,1-6H3/t20-/m0/s1. The number of carbonyl (C=O) groups excluding carboxylic acids is 2. The summed E-state index contributed by atoms with van der Waals surface area (Å²) >= 11 is 0. The quantitative estimate of drug-likeness (QED) is 0.480. The highest BCUT2D eigenvalue weighted by Crippen LogP contribution is 2.23. The molecule has 182 valence electrons. The summed E-state index contributed by atoms with van der Waals surface area (Å²) in [6.45, 7) is 5.39. The lowest BCUT2D eigenvalue weighted by Gasteiger charge is -2.29. The second-order valence-electron chi connectivity index (χ2n) is 8.08. The van der Waals surface area contributed by atoms with Crippen molar-refractivity contribution in [2.75, 3.05) is 20.6 Å². The van der Waals surface area contributed by atoms with Crippen molar-refractivity contribution >= 4 is 22.1 Å². The largest absolute Gasteiger partial charge is 0.462 e. The zero-order valence-corrected chi connectivity index (χ0v) is 20.7. The van der Waals surface area contributed by atoms with Crippen molar-refractivity contribution in [3.05, 3.63) is 42.2 Å². The fourth-order valence-corrected chi connectivity index (χ4v) is 4.71. The highest BCUT2D eigenvalue weighted by atomic mass is 32.2. The van der Waals surface area contributed by atoms with Crippen molar-refractivity contribution in [1.29, 1.82) is 0 Å². The molecule has 0 aliphatic heterocycles. The highest BCUT2D eigenvalue weighted by molar-refractivity contribution is 7.89. The maximum absolute atomic E-state index is 13.4. The van der Waals surface area contributed by atoms with E-state index in [2.05, 4.69) is 5.10 Å². The fourth-order valence-electron chi connectivity index (χ4n) is 3.05. The van der Waals surface area contributed by atoms with Gasteiger partial charge < -0.3 is 14.4 Å². The monoisotopic (exact) mass is 480 g/mol. The molecule has 2 rings (SSSR count). The molecule has 1 amide bonds. The van der Waals surface area contributed by atoms with Crippen LogP contribution in [-0.4, -0.2) is 72.3 Å². The van der Waals surface area contributed by atoms with Gasteiger partial charge in [-0.25, -0.2) is 13.2 Å². The number of amides is 1. The third-order valence-corrected chi connectivity index (χ3v) is 6.49. The molecule has 1 heterocycles. The third-order valence-electron chi connectivity index (χ3n) is 4.63. The second-order valence-corrected chi connectivity index (χ2v) is 9.97. The van der Waals surface area contributed by atoms with Crippen LogP contribution in [0.4, 0.5) is 4.79 Å². The first kappa shape index (κ1) is 26.3. The predicted octanol–water partition coefficient (Wildman–Crippen LogP) is 2.44. The lowest BCUT2D eigenvalue weighted by Crippen LogP contribution is -2.47. The normalized spacial score (nSPS) is 12.6. The van der Waals surface area contributed by atoms with Gasteiger partial charge in [0.05, 0.1) is 12.3 Å². The third kappa shape index (κ3) is 7.03. The average molecular weight is 481 g/mol. The number of benzene rings is 1. The number of sulfonamides is 1. The van der Waals surface area contributed by atoms with E-state index in [0.29, 0.717) is 17.7 Å². The summed E-state index contributed by atoms with van der Waals surface area (Å²) < 4.78 is 40.0. The summed E-state index contributed by atoms with van der Waals surface area (Å²) in [7, 11) is 0.774. The molecule has 0 aliphatic carbocycles. The SMILES string of the molecule is CCCN([C@@H](Cc1ccc(OC(=O)N(C)C)cc1)C(=O)OC(C)C)S(=O)(=O)c1cnn(C)c1. The number of aromatic nitrogens is 2. The molecule has 0 bridgehead atoms. The molecule has 11 heteroatoms. The Hall–Kier alpha value is -2.92. The number of nitrogens with zero attached hydrogens (tertiary/aromatic N) is 4. The molecule has 1 atom stereocenters. The van der Waals surface area contributed by atoms with Gasteiger partial charge in [-0.05, 0) is 44.4 Å². The van der Waals surface area contributed by atoms with E-state index >= 15 is 0 Å². The molecule has 0 radical (unpaired) electrons. The molecule has 0 fully saturated rings. The minimum Gasteiger partial charge on any atom is -0.462 e. The van der Waals surface area contributed by atoms with Gasteiger partial charge in [0.1, 0.15) is 16.7 Å². The number of carbonyl (C=O) groups is 2. The van der Waals surface area contributed by atoms with Crippen molar-refractivity contribution in [2.24, 2.45) is 7.05 Å². The topological polar surface area (TPSA) is 111 Å². The van der Waals surface area contributed by atoms with Crippen molar-refractivity contribution in [2.45, 2.75) is 50.7 Å². The Bertz CT molecular complexity index is 1050. The van der Waals surface area contributed by atoms with Crippen LogP contribution in [0.3, 0.4) is 0 Å². The average Bonchev–Trinajstić information content (AvgIpc) is 3.18. The molecule has 0 N–H and O–H groups in total. The van der Waals surface area contributed by atoms with Crippen molar-refractivity contribution < 1.29 is 27.5 Å². The van der Waals surface area contributed by atoms with Crippen LogP contribution in [0.25, 0.3) is 0 Å². The fraction of sp³-hybridized carbons (Fsp3) is 0.500. The van der Waals surface area contributed by atoms with Crippen LogP contribution in [0.2, 0.25) is 0 Å². The van der Waals surface area contributed by atoms with E-state index in [4.69, 9.17) is 9.47 Å². The summed E-state index contributed by atoms with van der Waals surface area (Å²) in [5, 5.41) is 3.96. The van der Waals surface area contributed by atoms with Gasteiger partial charge in [0.2, 0.25) is 10.0 Å². The maximum Gasteiger partial charge on any atom is 0.414 e. The maximum atomic E-state index is 13.4. The first-order valence-electron chi connectivity index (χ1n) is 10.6. The van der Waals surface area contributed by atoms with Gasteiger partial charge in [0.15, 0.2) is 0 Å². The lowest BCUT2D eigenvalue weighted by molar-refractivity contribution is -0.152. The first-order chi connectivity index (χ1) is 15.4. The molecule has 0 saturated carbocycles. The summed E-state index contributed by atoms with van der Waals surface area (Å²) in [5.74, 6) is -0.291.